The third-order valence-corrected chi connectivity index (χ3v) is 2.95. The van der Waals surface area contributed by atoms with Crippen molar-refractivity contribution < 1.29 is 9.90 Å². The molecule has 2 rings (SSSR count). The zero-order valence-electron chi connectivity index (χ0n) is 8.27. The normalized spacial score (nSPS) is 21.1. The standard InChI is InChI=1S/C10H11BrN2O2/c1-6-2-3-8(10(11)12-6)13-5-7(14)4-9(13)15/h2-3,7,14H,4-5H2,1H3. The van der Waals surface area contributed by atoms with Crippen LogP contribution >= 0.6 is 15.9 Å². The number of aliphatic hydroxyl groups excluding tert-OH is 1. The summed E-state index contributed by atoms with van der Waals surface area (Å²) in [5.74, 6) is -0.0612. The molecule has 0 aromatic carbocycles. The van der Waals surface area contributed by atoms with E-state index in [4.69, 9.17) is 0 Å². The van der Waals surface area contributed by atoms with Crippen LogP contribution in [0.15, 0.2) is 16.7 Å². The molecule has 0 spiro atoms. The highest BCUT2D eigenvalue weighted by molar-refractivity contribution is 9.10. The van der Waals surface area contributed by atoms with E-state index >= 15 is 0 Å². The van der Waals surface area contributed by atoms with E-state index in [0.717, 1.165) is 11.4 Å². The van der Waals surface area contributed by atoms with Crippen LogP contribution in [0.2, 0.25) is 0 Å². The fourth-order valence-electron chi connectivity index (χ4n) is 1.64. The van der Waals surface area contributed by atoms with Crippen molar-refractivity contribution in [3.63, 3.8) is 0 Å². The Labute approximate surface area is 96.1 Å². The van der Waals surface area contributed by atoms with Gasteiger partial charge in [0, 0.05) is 5.69 Å². The number of amides is 1. The minimum atomic E-state index is -0.564. The molecule has 0 radical (unpaired) electrons. The molecular weight excluding hydrogens is 260 g/mol. The molecule has 1 saturated heterocycles. The Morgan fingerprint density at radius 2 is 2.33 bits per heavy atom. The Balaban J connectivity index is 2.34. The molecule has 1 N–H and O–H groups in total. The molecule has 0 aliphatic carbocycles. The first-order chi connectivity index (χ1) is 7.08. The number of aryl methyl sites for hydroxylation is 1. The van der Waals surface area contributed by atoms with E-state index in [0.29, 0.717) is 11.1 Å². The number of β-amino-alcohol motifs (C(OH)–C–C–N with tert-alkyl or cyclic N) is 1. The van der Waals surface area contributed by atoms with Crippen molar-refractivity contribution in [3.8, 4) is 0 Å². The van der Waals surface area contributed by atoms with Crippen LogP contribution in [0.5, 0.6) is 0 Å². The van der Waals surface area contributed by atoms with Gasteiger partial charge < -0.3 is 10.0 Å². The van der Waals surface area contributed by atoms with E-state index in [1.165, 1.54) is 0 Å². The molecule has 80 valence electrons. The summed E-state index contributed by atoms with van der Waals surface area (Å²) in [6, 6.07) is 3.68. The maximum atomic E-state index is 11.5. The third-order valence-electron chi connectivity index (χ3n) is 2.36. The second-order valence-electron chi connectivity index (χ2n) is 3.62. The van der Waals surface area contributed by atoms with Crippen LogP contribution in [0.3, 0.4) is 0 Å². The molecule has 1 amide bonds. The van der Waals surface area contributed by atoms with Crippen LogP contribution in [0, 0.1) is 6.92 Å². The summed E-state index contributed by atoms with van der Waals surface area (Å²) in [6.45, 7) is 2.23. The first-order valence-electron chi connectivity index (χ1n) is 4.69. The van der Waals surface area contributed by atoms with Crippen LogP contribution in [-0.2, 0) is 4.79 Å². The van der Waals surface area contributed by atoms with Gasteiger partial charge in [0.25, 0.3) is 0 Å². The molecule has 1 aromatic rings. The lowest BCUT2D eigenvalue weighted by molar-refractivity contribution is -0.117. The van der Waals surface area contributed by atoms with E-state index in [9.17, 15) is 9.90 Å². The van der Waals surface area contributed by atoms with Crippen molar-refractivity contribution in [3.05, 3.63) is 22.4 Å². The smallest absolute Gasteiger partial charge is 0.229 e. The highest BCUT2D eigenvalue weighted by Crippen LogP contribution is 2.28. The fraction of sp³-hybridized carbons (Fsp3) is 0.400. The van der Waals surface area contributed by atoms with E-state index in [-0.39, 0.29) is 12.3 Å². The van der Waals surface area contributed by atoms with Gasteiger partial charge in [-0.15, -0.1) is 0 Å². The van der Waals surface area contributed by atoms with Crippen LogP contribution < -0.4 is 4.90 Å². The number of aliphatic hydroxyl groups is 1. The number of rotatable bonds is 1. The van der Waals surface area contributed by atoms with Gasteiger partial charge in [-0.2, -0.15) is 0 Å². The van der Waals surface area contributed by atoms with Gasteiger partial charge in [-0.1, -0.05) is 0 Å². The van der Waals surface area contributed by atoms with E-state index in [1.807, 2.05) is 19.1 Å². The Morgan fingerprint density at radius 1 is 1.60 bits per heavy atom. The lowest BCUT2D eigenvalue weighted by Gasteiger charge is -2.17. The highest BCUT2D eigenvalue weighted by atomic mass is 79.9. The number of pyridine rings is 1. The number of aromatic nitrogens is 1. The SMILES string of the molecule is Cc1ccc(N2CC(O)CC2=O)c(Br)n1. The predicted octanol–water partition coefficient (Wildman–Crippen LogP) is 1.25. The average molecular weight is 271 g/mol. The zero-order valence-corrected chi connectivity index (χ0v) is 9.86. The average Bonchev–Trinajstić information content (AvgIpc) is 2.45. The molecule has 0 saturated carbocycles. The van der Waals surface area contributed by atoms with E-state index in [1.54, 1.807) is 4.90 Å². The van der Waals surface area contributed by atoms with Crippen LogP contribution in [0.1, 0.15) is 12.1 Å². The molecule has 0 bridgehead atoms. The molecule has 4 nitrogen and oxygen atoms in total. The Bertz CT molecular complexity index is 408. The Morgan fingerprint density at radius 3 is 2.87 bits per heavy atom. The van der Waals surface area contributed by atoms with Crippen LogP contribution in [-0.4, -0.2) is 28.6 Å². The van der Waals surface area contributed by atoms with Gasteiger partial charge in [-0.05, 0) is 35.0 Å². The summed E-state index contributed by atoms with van der Waals surface area (Å²) in [7, 11) is 0. The minimum Gasteiger partial charge on any atom is -0.391 e. The number of hydrogen-bond acceptors (Lipinski definition) is 3. The van der Waals surface area contributed by atoms with Gasteiger partial charge in [0.1, 0.15) is 4.60 Å². The number of anilines is 1. The number of halogens is 1. The quantitative estimate of drug-likeness (QED) is 0.782. The van der Waals surface area contributed by atoms with Gasteiger partial charge in [0.2, 0.25) is 5.91 Å². The first kappa shape index (κ1) is 10.6. The minimum absolute atomic E-state index is 0.0612. The van der Waals surface area contributed by atoms with Gasteiger partial charge in [0.05, 0.1) is 24.8 Å². The van der Waals surface area contributed by atoms with Gasteiger partial charge in [-0.3, -0.25) is 4.79 Å². The van der Waals surface area contributed by atoms with Gasteiger partial charge >= 0.3 is 0 Å². The molecule has 1 aliphatic rings. The van der Waals surface area contributed by atoms with Crippen LogP contribution in [0.25, 0.3) is 0 Å². The Kier molecular flexibility index (Phi) is 2.75. The zero-order chi connectivity index (χ0) is 11.0. The largest absolute Gasteiger partial charge is 0.391 e. The molecule has 1 aromatic heterocycles. The van der Waals surface area contributed by atoms with Gasteiger partial charge in [-0.25, -0.2) is 4.98 Å². The highest BCUT2D eigenvalue weighted by Gasteiger charge is 2.30. The molecule has 1 atom stereocenters. The first-order valence-corrected chi connectivity index (χ1v) is 5.49. The molecule has 15 heavy (non-hydrogen) atoms. The number of hydrogen-bond donors (Lipinski definition) is 1. The summed E-state index contributed by atoms with van der Waals surface area (Å²) in [5.41, 5.74) is 1.61. The van der Waals surface area contributed by atoms with Crippen molar-refractivity contribution in [1.29, 1.82) is 0 Å². The second-order valence-corrected chi connectivity index (χ2v) is 4.38. The Hall–Kier alpha value is -0.940. The molecule has 5 heteroatoms. The molecular formula is C10H11BrN2O2. The topological polar surface area (TPSA) is 53.4 Å². The van der Waals surface area contributed by atoms with Crippen molar-refractivity contribution in [1.82, 2.24) is 4.98 Å². The maximum Gasteiger partial charge on any atom is 0.229 e. The number of carbonyl (C=O) groups excluding carboxylic acids is 1. The lowest BCUT2D eigenvalue weighted by atomic mass is 10.3. The maximum absolute atomic E-state index is 11.5. The summed E-state index contributed by atoms with van der Waals surface area (Å²) in [5, 5.41) is 9.38. The van der Waals surface area contributed by atoms with Crippen molar-refractivity contribution >= 4 is 27.5 Å². The summed E-state index contributed by atoms with van der Waals surface area (Å²) in [4.78, 5) is 17.3. The summed E-state index contributed by atoms with van der Waals surface area (Å²) >= 11 is 3.32. The predicted molar refractivity (Wildman–Crippen MR) is 59.7 cm³/mol. The lowest BCUT2D eigenvalue weighted by Crippen LogP contribution is -2.25. The fourth-order valence-corrected chi connectivity index (χ4v) is 2.27. The number of carbonyl (C=O) groups is 1. The summed E-state index contributed by atoms with van der Waals surface area (Å²) in [6.07, 6.45) is -0.369. The second kappa shape index (κ2) is 3.90. The van der Waals surface area contributed by atoms with Gasteiger partial charge in [0.15, 0.2) is 0 Å². The molecule has 1 aliphatic heterocycles. The number of nitrogens with zero attached hydrogens (tertiary/aromatic N) is 2. The monoisotopic (exact) mass is 270 g/mol. The van der Waals surface area contributed by atoms with Crippen LogP contribution in [0.4, 0.5) is 5.69 Å². The molecule has 1 unspecified atom stereocenters. The van der Waals surface area contributed by atoms with Crippen molar-refractivity contribution in [2.75, 3.05) is 11.4 Å². The molecule has 1 fully saturated rings. The van der Waals surface area contributed by atoms with Crippen molar-refractivity contribution in [2.45, 2.75) is 19.4 Å². The third kappa shape index (κ3) is 2.03. The summed E-state index contributed by atoms with van der Waals surface area (Å²) < 4.78 is 0.643. The van der Waals surface area contributed by atoms with E-state index < -0.39 is 6.10 Å². The van der Waals surface area contributed by atoms with Crippen molar-refractivity contribution in [2.24, 2.45) is 0 Å². The van der Waals surface area contributed by atoms with E-state index in [2.05, 4.69) is 20.9 Å². The molecule has 2 heterocycles.